The summed E-state index contributed by atoms with van der Waals surface area (Å²) in [5.41, 5.74) is 5.49. The van der Waals surface area contributed by atoms with Crippen molar-refractivity contribution < 1.29 is 5.11 Å². The number of thiophene rings is 1. The molecule has 0 aromatic carbocycles. The molecule has 1 aromatic rings. The van der Waals surface area contributed by atoms with Crippen LogP contribution < -0.4 is 11.1 Å². The van der Waals surface area contributed by atoms with Crippen molar-refractivity contribution in [1.82, 2.24) is 5.32 Å². The number of nitrogens with zero attached hydrogens (tertiary/aromatic N) is 1. The molecule has 0 aliphatic heterocycles. The molecule has 0 bridgehead atoms. The average molecular weight is 367 g/mol. The molecule has 0 spiro atoms. The molecule has 4 nitrogen and oxygen atoms in total. The van der Waals surface area contributed by atoms with E-state index < -0.39 is 5.60 Å². The first-order chi connectivity index (χ1) is 7.56. The molecule has 96 valence electrons. The molecule has 1 unspecified atom stereocenters. The molecule has 0 radical (unpaired) electrons. The molecule has 1 atom stereocenters. The zero-order valence-electron chi connectivity index (χ0n) is 9.72. The zero-order valence-corrected chi connectivity index (χ0v) is 12.9. The summed E-state index contributed by atoms with van der Waals surface area (Å²) >= 11 is 1.55. The SMILES string of the molecule is C=CCNC(N)=NCC(C)(O)c1ccsc1.I. The predicted octanol–water partition coefficient (Wildman–Crippen LogP) is 1.66. The minimum absolute atomic E-state index is 0. The van der Waals surface area contributed by atoms with Gasteiger partial charge < -0.3 is 16.2 Å². The molecule has 0 saturated heterocycles. The summed E-state index contributed by atoms with van der Waals surface area (Å²) in [6, 6.07) is 1.88. The molecular formula is C11H18IN3OS. The van der Waals surface area contributed by atoms with Gasteiger partial charge in [0.15, 0.2) is 5.96 Å². The Morgan fingerprint density at radius 2 is 2.47 bits per heavy atom. The van der Waals surface area contributed by atoms with Crippen molar-refractivity contribution in [2.24, 2.45) is 10.7 Å². The van der Waals surface area contributed by atoms with Crippen LogP contribution in [0.3, 0.4) is 0 Å². The first-order valence-electron chi connectivity index (χ1n) is 4.96. The van der Waals surface area contributed by atoms with E-state index in [4.69, 9.17) is 5.73 Å². The van der Waals surface area contributed by atoms with Gasteiger partial charge in [-0.25, -0.2) is 0 Å². The van der Waals surface area contributed by atoms with Crippen molar-refractivity contribution >= 4 is 41.3 Å². The smallest absolute Gasteiger partial charge is 0.188 e. The molecule has 0 aliphatic rings. The molecule has 1 rings (SSSR count). The van der Waals surface area contributed by atoms with E-state index >= 15 is 0 Å². The lowest BCUT2D eigenvalue weighted by molar-refractivity contribution is 0.0678. The summed E-state index contributed by atoms with van der Waals surface area (Å²) in [5.74, 6) is 0.315. The van der Waals surface area contributed by atoms with Gasteiger partial charge in [0.05, 0.1) is 6.54 Å². The van der Waals surface area contributed by atoms with Crippen LogP contribution in [0.4, 0.5) is 0 Å². The van der Waals surface area contributed by atoms with Crippen molar-refractivity contribution in [2.45, 2.75) is 12.5 Å². The Hall–Kier alpha value is -0.600. The summed E-state index contributed by atoms with van der Waals surface area (Å²) in [7, 11) is 0. The minimum atomic E-state index is -0.972. The number of halogens is 1. The van der Waals surface area contributed by atoms with E-state index in [0.717, 1.165) is 5.56 Å². The van der Waals surface area contributed by atoms with Crippen LogP contribution in [0.1, 0.15) is 12.5 Å². The van der Waals surface area contributed by atoms with Gasteiger partial charge in [0, 0.05) is 6.54 Å². The van der Waals surface area contributed by atoms with E-state index in [2.05, 4.69) is 16.9 Å². The van der Waals surface area contributed by atoms with E-state index in [1.165, 1.54) is 0 Å². The molecule has 4 N–H and O–H groups in total. The molecule has 1 heterocycles. The van der Waals surface area contributed by atoms with Gasteiger partial charge >= 0.3 is 0 Å². The Bertz CT molecular complexity index is 363. The third-order valence-corrected chi connectivity index (χ3v) is 2.81. The van der Waals surface area contributed by atoms with Crippen molar-refractivity contribution in [3.8, 4) is 0 Å². The number of nitrogens with two attached hydrogens (primary N) is 1. The molecule has 0 fully saturated rings. The van der Waals surface area contributed by atoms with Crippen LogP contribution in [0.2, 0.25) is 0 Å². The summed E-state index contributed by atoms with van der Waals surface area (Å²) < 4.78 is 0. The second-order valence-corrected chi connectivity index (χ2v) is 4.44. The maximum atomic E-state index is 10.1. The highest BCUT2D eigenvalue weighted by Crippen LogP contribution is 2.22. The summed E-state index contributed by atoms with van der Waals surface area (Å²) in [5, 5.41) is 16.8. The van der Waals surface area contributed by atoms with E-state index in [9.17, 15) is 5.11 Å². The Labute approximate surface area is 123 Å². The van der Waals surface area contributed by atoms with Crippen LogP contribution >= 0.6 is 35.3 Å². The number of guanidine groups is 1. The number of aliphatic hydroxyl groups is 1. The maximum absolute atomic E-state index is 10.1. The molecule has 0 saturated carbocycles. The van der Waals surface area contributed by atoms with Gasteiger partial charge in [0.25, 0.3) is 0 Å². The van der Waals surface area contributed by atoms with Crippen molar-refractivity contribution in [2.75, 3.05) is 13.1 Å². The van der Waals surface area contributed by atoms with Crippen molar-refractivity contribution in [1.29, 1.82) is 0 Å². The average Bonchev–Trinajstić information content (AvgIpc) is 2.77. The second kappa shape index (κ2) is 7.67. The fraction of sp³-hybridized carbons (Fsp3) is 0.364. The van der Waals surface area contributed by atoms with E-state index in [0.29, 0.717) is 12.5 Å². The van der Waals surface area contributed by atoms with Crippen molar-refractivity contribution in [3.05, 3.63) is 35.0 Å². The number of aliphatic imine (C=N–C) groups is 1. The lowest BCUT2D eigenvalue weighted by atomic mass is 10.00. The number of rotatable bonds is 5. The summed E-state index contributed by atoms with van der Waals surface area (Å²) in [4.78, 5) is 4.08. The van der Waals surface area contributed by atoms with Crippen LogP contribution in [-0.2, 0) is 5.60 Å². The highest BCUT2D eigenvalue weighted by Gasteiger charge is 2.22. The lowest BCUT2D eigenvalue weighted by Crippen LogP contribution is -2.34. The summed E-state index contributed by atoms with van der Waals surface area (Å²) in [6.45, 7) is 6.08. The van der Waals surface area contributed by atoms with Crippen LogP contribution in [0, 0.1) is 0 Å². The van der Waals surface area contributed by atoms with E-state index in [1.807, 2.05) is 16.8 Å². The van der Waals surface area contributed by atoms with Gasteiger partial charge in [-0.05, 0) is 29.3 Å². The highest BCUT2D eigenvalue weighted by molar-refractivity contribution is 14.0. The molecule has 1 aromatic heterocycles. The van der Waals surface area contributed by atoms with E-state index in [1.54, 1.807) is 24.3 Å². The summed E-state index contributed by atoms with van der Waals surface area (Å²) in [6.07, 6.45) is 1.69. The minimum Gasteiger partial charge on any atom is -0.383 e. The fourth-order valence-corrected chi connectivity index (χ4v) is 1.92. The highest BCUT2D eigenvalue weighted by atomic mass is 127. The molecular weight excluding hydrogens is 349 g/mol. The standard InChI is InChI=1S/C11H17N3OS.HI/c1-3-5-13-10(12)14-8-11(2,15)9-4-6-16-7-9;/h3-4,6-7,15H,1,5,8H2,2H3,(H3,12,13,14);1H. The Kier molecular flexibility index (Phi) is 7.40. The number of nitrogens with one attached hydrogen (secondary N) is 1. The number of hydrogen-bond acceptors (Lipinski definition) is 3. The molecule has 6 heteroatoms. The normalized spacial score (nSPS) is 14.6. The Balaban J connectivity index is 0.00000256. The third-order valence-electron chi connectivity index (χ3n) is 2.13. The Morgan fingerprint density at radius 1 is 1.76 bits per heavy atom. The van der Waals surface area contributed by atoms with Gasteiger partial charge in [-0.2, -0.15) is 11.3 Å². The first kappa shape index (κ1) is 16.4. The monoisotopic (exact) mass is 367 g/mol. The predicted molar refractivity (Wildman–Crippen MR) is 84.0 cm³/mol. The maximum Gasteiger partial charge on any atom is 0.188 e. The largest absolute Gasteiger partial charge is 0.383 e. The van der Waals surface area contributed by atoms with Gasteiger partial charge in [-0.3, -0.25) is 4.99 Å². The zero-order chi connectivity index (χ0) is 12.0. The molecule has 0 amide bonds. The fourth-order valence-electron chi connectivity index (χ4n) is 1.13. The lowest BCUT2D eigenvalue weighted by Gasteiger charge is -2.20. The third kappa shape index (κ3) is 5.51. The number of hydrogen-bond donors (Lipinski definition) is 3. The van der Waals surface area contributed by atoms with Gasteiger partial charge in [-0.1, -0.05) is 6.08 Å². The van der Waals surface area contributed by atoms with Crippen LogP contribution in [0.5, 0.6) is 0 Å². The second-order valence-electron chi connectivity index (χ2n) is 3.66. The van der Waals surface area contributed by atoms with Gasteiger partial charge in [0.1, 0.15) is 5.60 Å². The molecule has 17 heavy (non-hydrogen) atoms. The van der Waals surface area contributed by atoms with Gasteiger partial charge in [0.2, 0.25) is 0 Å². The Morgan fingerprint density at radius 3 is 3.00 bits per heavy atom. The van der Waals surface area contributed by atoms with Crippen LogP contribution in [-0.4, -0.2) is 24.2 Å². The van der Waals surface area contributed by atoms with Crippen LogP contribution in [0.15, 0.2) is 34.5 Å². The first-order valence-corrected chi connectivity index (χ1v) is 5.90. The molecule has 0 aliphatic carbocycles. The van der Waals surface area contributed by atoms with Crippen LogP contribution in [0.25, 0.3) is 0 Å². The van der Waals surface area contributed by atoms with Crippen molar-refractivity contribution in [3.63, 3.8) is 0 Å². The van der Waals surface area contributed by atoms with Gasteiger partial charge in [-0.15, -0.1) is 30.6 Å². The topological polar surface area (TPSA) is 70.6 Å². The quantitative estimate of drug-likeness (QED) is 0.321. The van der Waals surface area contributed by atoms with E-state index in [-0.39, 0.29) is 30.5 Å².